The Kier molecular flexibility index (Phi) is 8.87. The Balaban J connectivity index is 1.51. The van der Waals surface area contributed by atoms with Crippen LogP contribution in [0.3, 0.4) is 0 Å². The van der Waals surface area contributed by atoms with Gasteiger partial charge in [0.25, 0.3) is 5.91 Å². The molecule has 0 aliphatic heterocycles. The number of hydrazone groups is 1. The van der Waals surface area contributed by atoms with Crippen LogP contribution in [0.4, 0.5) is 0 Å². The number of nitrogens with zero attached hydrogens (tertiary/aromatic N) is 4. The lowest BCUT2D eigenvalue weighted by molar-refractivity contribution is -0.118. The normalized spacial score (nSPS) is 12.1. The van der Waals surface area contributed by atoms with Gasteiger partial charge >= 0.3 is 0 Å². The number of thioether (sulfide) groups is 1. The van der Waals surface area contributed by atoms with E-state index in [0.29, 0.717) is 16.7 Å². The summed E-state index contributed by atoms with van der Waals surface area (Å²) in [6.45, 7) is 12.3. The summed E-state index contributed by atoms with van der Waals surface area (Å²) in [7, 11) is 1.63. The maximum atomic E-state index is 12.8. The second-order valence-corrected chi connectivity index (χ2v) is 12.7. The number of ether oxygens (including phenoxy) is 1. The lowest BCUT2D eigenvalue weighted by Gasteiger charge is -2.27. The zero-order chi connectivity index (χ0) is 29.8. The predicted octanol–water partition coefficient (Wildman–Crippen LogP) is 6.49. The number of rotatable bonds is 8. The molecule has 1 heterocycles. The van der Waals surface area contributed by atoms with E-state index in [9.17, 15) is 9.90 Å². The van der Waals surface area contributed by atoms with E-state index in [4.69, 9.17) is 4.74 Å². The number of amides is 1. The van der Waals surface area contributed by atoms with E-state index in [-0.39, 0.29) is 22.5 Å². The zero-order valence-electron chi connectivity index (χ0n) is 24.6. The molecule has 4 aromatic rings. The van der Waals surface area contributed by atoms with Gasteiger partial charge in [0.15, 0.2) is 11.0 Å². The summed E-state index contributed by atoms with van der Waals surface area (Å²) >= 11 is 1.28. The van der Waals surface area contributed by atoms with Crippen LogP contribution in [0.15, 0.2) is 77.0 Å². The van der Waals surface area contributed by atoms with Gasteiger partial charge in [0, 0.05) is 22.4 Å². The molecule has 0 spiro atoms. The van der Waals surface area contributed by atoms with E-state index >= 15 is 0 Å². The summed E-state index contributed by atoms with van der Waals surface area (Å²) in [5.74, 6) is 1.55. The Hall–Kier alpha value is -4.11. The molecule has 1 amide bonds. The quantitative estimate of drug-likeness (QED) is 0.142. The van der Waals surface area contributed by atoms with Crippen LogP contribution < -0.4 is 10.2 Å². The van der Waals surface area contributed by atoms with Crippen molar-refractivity contribution in [2.24, 2.45) is 5.10 Å². The molecule has 0 radical (unpaired) electrons. The highest BCUT2D eigenvalue weighted by atomic mass is 32.2. The van der Waals surface area contributed by atoms with Gasteiger partial charge in [-0.2, -0.15) is 5.10 Å². The molecule has 0 saturated heterocycles. The van der Waals surface area contributed by atoms with Crippen LogP contribution in [0.2, 0.25) is 0 Å². The third kappa shape index (κ3) is 7.16. The molecule has 4 rings (SSSR count). The summed E-state index contributed by atoms with van der Waals surface area (Å²) < 4.78 is 7.21. The monoisotopic (exact) mass is 571 g/mol. The Morgan fingerprint density at radius 2 is 1.59 bits per heavy atom. The first kappa shape index (κ1) is 29.9. The number of hydrogen-bond donors (Lipinski definition) is 2. The lowest BCUT2D eigenvalue weighted by Crippen LogP contribution is -2.20. The molecule has 214 valence electrons. The van der Waals surface area contributed by atoms with Crippen LogP contribution in [0.5, 0.6) is 11.5 Å². The van der Waals surface area contributed by atoms with Crippen LogP contribution in [0, 0.1) is 0 Å². The topological polar surface area (TPSA) is 102 Å². The number of aromatic nitrogens is 3. The molecular weight excluding hydrogens is 534 g/mol. The van der Waals surface area contributed by atoms with E-state index in [1.54, 1.807) is 13.3 Å². The Bertz CT molecular complexity index is 1500. The van der Waals surface area contributed by atoms with Crippen LogP contribution in [-0.2, 0) is 15.6 Å². The highest BCUT2D eigenvalue weighted by molar-refractivity contribution is 7.99. The molecular formula is C32H37N5O3S. The maximum Gasteiger partial charge on any atom is 0.250 e. The Morgan fingerprint density at radius 1 is 0.976 bits per heavy atom. The van der Waals surface area contributed by atoms with Crippen molar-refractivity contribution in [2.75, 3.05) is 12.9 Å². The number of methoxy groups -OCH3 is 1. The SMILES string of the molecule is COc1ccc(-c2nnc(SCC(=O)NN=Cc3cc(C(C)(C)C)c(O)c(C(C)(C)C)c3)n2-c2ccccc2)cc1. The third-order valence-corrected chi connectivity index (χ3v) is 7.41. The standard InChI is InChI=1S/C32H37N5O3S/c1-31(2,3)25-17-21(18-26(28(25)39)32(4,5)6)19-33-34-27(38)20-41-30-36-35-29(22-13-15-24(40-7)16-14-22)37(30)23-11-9-8-10-12-23/h8-19,39H,20H2,1-7H3,(H,34,38). The first-order valence-electron chi connectivity index (χ1n) is 13.4. The van der Waals surface area contributed by atoms with E-state index in [2.05, 4.69) is 62.3 Å². The van der Waals surface area contributed by atoms with Gasteiger partial charge in [-0.25, -0.2) is 5.43 Å². The molecule has 0 atom stereocenters. The largest absolute Gasteiger partial charge is 0.507 e. The molecule has 0 aliphatic rings. The highest BCUT2D eigenvalue weighted by Gasteiger charge is 2.26. The number of hydrogen-bond acceptors (Lipinski definition) is 7. The fraction of sp³-hybridized carbons (Fsp3) is 0.312. The van der Waals surface area contributed by atoms with Crippen molar-refractivity contribution in [3.05, 3.63) is 83.4 Å². The lowest BCUT2D eigenvalue weighted by atomic mass is 9.78. The van der Waals surface area contributed by atoms with Gasteiger partial charge in [-0.15, -0.1) is 10.2 Å². The minimum atomic E-state index is -0.272. The van der Waals surface area contributed by atoms with Crippen molar-refractivity contribution in [3.8, 4) is 28.6 Å². The number of carbonyl (C=O) groups excluding carboxylic acids is 1. The minimum Gasteiger partial charge on any atom is -0.507 e. The average molecular weight is 572 g/mol. The first-order chi connectivity index (χ1) is 19.4. The van der Waals surface area contributed by atoms with Gasteiger partial charge in [0.1, 0.15) is 11.5 Å². The molecule has 0 saturated carbocycles. The van der Waals surface area contributed by atoms with E-state index < -0.39 is 0 Å². The van der Waals surface area contributed by atoms with Crippen molar-refractivity contribution in [3.63, 3.8) is 0 Å². The summed E-state index contributed by atoms with van der Waals surface area (Å²) in [4.78, 5) is 12.8. The van der Waals surface area contributed by atoms with E-state index in [1.807, 2.05) is 71.3 Å². The van der Waals surface area contributed by atoms with E-state index in [0.717, 1.165) is 33.7 Å². The summed E-state index contributed by atoms with van der Waals surface area (Å²) in [5.41, 5.74) is 6.34. The second-order valence-electron chi connectivity index (χ2n) is 11.8. The number of phenolic OH excluding ortho intramolecular Hbond substituents is 1. The summed E-state index contributed by atoms with van der Waals surface area (Å²) in [5, 5.41) is 24.6. The molecule has 41 heavy (non-hydrogen) atoms. The fourth-order valence-corrected chi connectivity index (χ4v) is 5.06. The molecule has 2 N–H and O–H groups in total. The predicted molar refractivity (Wildman–Crippen MR) is 165 cm³/mol. The Labute approximate surface area is 245 Å². The minimum absolute atomic E-state index is 0.0982. The molecule has 0 unspecified atom stereocenters. The van der Waals surface area contributed by atoms with Gasteiger partial charge in [-0.05, 0) is 64.9 Å². The van der Waals surface area contributed by atoms with Crippen molar-refractivity contribution in [1.82, 2.24) is 20.2 Å². The molecule has 0 bridgehead atoms. The van der Waals surface area contributed by atoms with Gasteiger partial charge in [-0.3, -0.25) is 9.36 Å². The van der Waals surface area contributed by atoms with Crippen LogP contribution in [-0.4, -0.2) is 44.9 Å². The smallest absolute Gasteiger partial charge is 0.250 e. The van der Waals surface area contributed by atoms with Crippen molar-refractivity contribution in [2.45, 2.75) is 57.5 Å². The molecule has 8 nitrogen and oxygen atoms in total. The van der Waals surface area contributed by atoms with Gasteiger partial charge < -0.3 is 9.84 Å². The third-order valence-electron chi connectivity index (χ3n) is 6.48. The highest BCUT2D eigenvalue weighted by Crippen LogP contribution is 2.39. The van der Waals surface area contributed by atoms with Crippen LogP contribution in [0.25, 0.3) is 17.1 Å². The summed E-state index contributed by atoms with van der Waals surface area (Å²) in [6, 6.07) is 21.2. The molecule has 3 aromatic carbocycles. The summed E-state index contributed by atoms with van der Waals surface area (Å²) in [6.07, 6.45) is 1.61. The van der Waals surface area contributed by atoms with Gasteiger partial charge in [0.05, 0.1) is 19.1 Å². The molecule has 1 aromatic heterocycles. The zero-order valence-corrected chi connectivity index (χ0v) is 25.4. The van der Waals surface area contributed by atoms with Crippen LogP contribution in [0.1, 0.15) is 58.2 Å². The molecule has 0 fully saturated rings. The number of aromatic hydroxyl groups is 1. The van der Waals surface area contributed by atoms with Crippen molar-refractivity contribution in [1.29, 1.82) is 0 Å². The van der Waals surface area contributed by atoms with Gasteiger partial charge in [0.2, 0.25) is 0 Å². The fourth-order valence-electron chi connectivity index (χ4n) is 4.32. The van der Waals surface area contributed by atoms with Crippen LogP contribution >= 0.6 is 11.8 Å². The van der Waals surface area contributed by atoms with Gasteiger partial charge in [-0.1, -0.05) is 71.5 Å². The number of nitrogens with one attached hydrogen (secondary N) is 1. The van der Waals surface area contributed by atoms with E-state index in [1.165, 1.54) is 11.8 Å². The molecule has 0 aliphatic carbocycles. The van der Waals surface area contributed by atoms with Crippen molar-refractivity contribution < 1.29 is 14.6 Å². The number of para-hydroxylation sites is 1. The van der Waals surface area contributed by atoms with Crippen molar-refractivity contribution >= 4 is 23.9 Å². The number of benzene rings is 3. The number of carbonyl (C=O) groups is 1. The number of phenols is 1. The average Bonchev–Trinajstić information content (AvgIpc) is 3.36. The maximum absolute atomic E-state index is 12.8. The molecule has 9 heteroatoms. The second kappa shape index (κ2) is 12.2. The first-order valence-corrected chi connectivity index (χ1v) is 14.3. The Morgan fingerprint density at radius 3 is 2.15 bits per heavy atom.